The van der Waals surface area contributed by atoms with E-state index in [4.69, 9.17) is 15.2 Å². The predicted octanol–water partition coefficient (Wildman–Crippen LogP) is 1.48. The number of nitrogens with one attached hydrogen (secondary N) is 1. The summed E-state index contributed by atoms with van der Waals surface area (Å²) in [5.41, 5.74) is 7.45. The van der Waals surface area contributed by atoms with Crippen molar-refractivity contribution in [3.63, 3.8) is 0 Å². The van der Waals surface area contributed by atoms with Crippen LogP contribution in [0.1, 0.15) is 0 Å². The number of fused-ring (bicyclic) bond motifs is 3. The average Bonchev–Trinajstić information content (AvgIpc) is 2.70. The van der Waals surface area contributed by atoms with Crippen LogP contribution >= 0.6 is 0 Å². The minimum absolute atomic E-state index is 0.277. The summed E-state index contributed by atoms with van der Waals surface area (Å²) < 4.78 is 10.6. The SMILES string of the molecule is Nc1c[nH]c2ccc3c(c12)OCO3. The third-order valence-electron chi connectivity index (χ3n) is 2.21. The second-order valence-electron chi connectivity index (χ2n) is 2.97. The van der Waals surface area contributed by atoms with Gasteiger partial charge in [-0.3, -0.25) is 0 Å². The standard InChI is InChI=1S/C9H8N2O2/c10-5-3-11-6-1-2-7-9(8(5)6)13-4-12-7/h1-3,11H,4,10H2. The lowest BCUT2D eigenvalue weighted by Crippen LogP contribution is -1.93. The molecule has 66 valence electrons. The zero-order valence-corrected chi connectivity index (χ0v) is 6.83. The van der Waals surface area contributed by atoms with Gasteiger partial charge in [0, 0.05) is 6.20 Å². The number of ether oxygens (including phenoxy) is 2. The van der Waals surface area contributed by atoms with Crippen molar-refractivity contribution in [1.29, 1.82) is 0 Å². The summed E-state index contributed by atoms with van der Waals surface area (Å²) >= 11 is 0. The summed E-state index contributed by atoms with van der Waals surface area (Å²) in [7, 11) is 0. The second-order valence-corrected chi connectivity index (χ2v) is 2.97. The van der Waals surface area contributed by atoms with Crippen molar-refractivity contribution in [2.45, 2.75) is 0 Å². The van der Waals surface area contributed by atoms with E-state index in [0.29, 0.717) is 5.69 Å². The fourth-order valence-electron chi connectivity index (χ4n) is 1.61. The first-order chi connectivity index (χ1) is 6.36. The van der Waals surface area contributed by atoms with E-state index >= 15 is 0 Å². The van der Waals surface area contributed by atoms with E-state index in [1.54, 1.807) is 6.20 Å². The number of rotatable bonds is 0. The normalized spacial score (nSPS) is 13.8. The van der Waals surface area contributed by atoms with Crippen LogP contribution in [0.3, 0.4) is 0 Å². The van der Waals surface area contributed by atoms with Gasteiger partial charge in [-0.15, -0.1) is 0 Å². The Morgan fingerprint density at radius 1 is 1.31 bits per heavy atom. The largest absolute Gasteiger partial charge is 0.454 e. The zero-order chi connectivity index (χ0) is 8.84. The maximum atomic E-state index is 5.78. The highest BCUT2D eigenvalue weighted by molar-refractivity contribution is 5.98. The van der Waals surface area contributed by atoms with Gasteiger partial charge in [0.15, 0.2) is 11.5 Å². The van der Waals surface area contributed by atoms with Crippen LogP contribution in [0, 0.1) is 0 Å². The number of nitrogen functional groups attached to an aromatic ring is 1. The van der Waals surface area contributed by atoms with Gasteiger partial charge >= 0.3 is 0 Å². The summed E-state index contributed by atoms with van der Waals surface area (Å²) in [5.74, 6) is 1.51. The Bertz CT molecular complexity index is 476. The molecule has 0 unspecified atom stereocenters. The highest BCUT2D eigenvalue weighted by Crippen LogP contribution is 2.41. The minimum atomic E-state index is 0.277. The van der Waals surface area contributed by atoms with Gasteiger partial charge in [-0.05, 0) is 12.1 Å². The highest BCUT2D eigenvalue weighted by Gasteiger charge is 2.18. The van der Waals surface area contributed by atoms with Crippen LogP contribution in [0.4, 0.5) is 5.69 Å². The van der Waals surface area contributed by atoms with Crippen LogP contribution in [-0.2, 0) is 0 Å². The molecule has 0 bridgehead atoms. The Morgan fingerprint density at radius 3 is 3.15 bits per heavy atom. The van der Waals surface area contributed by atoms with Gasteiger partial charge in [0.25, 0.3) is 0 Å². The minimum Gasteiger partial charge on any atom is -0.454 e. The molecule has 2 aromatic rings. The lowest BCUT2D eigenvalue weighted by Gasteiger charge is -1.97. The first-order valence-electron chi connectivity index (χ1n) is 4.01. The Balaban J connectivity index is 2.47. The first-order valence-corrected chi connectivity index (χ1v) is 4.01. The molecule has 0 fully saturated rings. The average molecular weight is 176 g/mol. The molecule has 0 radical (unpaired) electrons. The van der Waals surface area contributed by atoms with Crippen LogP contribution in [0.25, 0.3) is 10.9 Å². The molecule has 3 rings (SSSR count). The fraction of sp³-hybridized carbons (Fsp3) is 0.111. The maximum absolute atomic E-state index is 5.78. The van der Waals surface area contributed by atoms with Gasteiger partial charge in [-0.2, -0.15) is 0 Å². The topological polar surface area (TPSA) is 60.3 Å². The number of hydrogen-bond donors (Lipinski definition) is 2. The number of H-pyrrole nitrogens is 1. The number of hydrogen-bond acceptors (Lipinski definition) is 3. The molecular formula is C9H8N2O2. The second kappa shape index (κ2) is 2.10. The summed E-state index contributed by atoms with van der Waals surface area (Å²) in [4.78, 5) is 3.06. The molecule has 1 aromatic heterocycles. The molecule has 0 amide bonds. The maximum Gasteiger partial charge on any atom is 0.231 e. The Morgan fingerprint density at radius 2 is 2.23 bits per heavy atom. The third kappa shape index (κ3) is 0.744. The van der Waals surface area contributed by atoms with Gasteiger partial charge in [-0.25, -0.2) is 0 Å². The molecule has 0 spiro atoms. The molecular weight excluding hydrogens is 168 g/mol. The van der Waals surface area contributed by atoms with E-state index in [2.05, 4.69) is 4.98 Å². The van der Waals surface area contributed by atoms with Crippen LogP contribution in [-0.4, -0.2) is 11.8 Å². The van der Waals surface area contributed by atoms with Crippen LogP contribution in [0.2, 0.25) is 0 Å². The van der Waals surface area contributed by atoms with E-state index in [9.17, 15) is 0 Å². The lowest BCUT2D eigenvalue weighted by atomic mass is 10.2. The van der Waals surface area contributed by atoms with E-state index in [1.807, 2.05) is 12.1 Å². The number of aromatic nitrogens is 1. The van der Waals surface area contributed by atoms with Crippen molar-refractivity contribution >= 4 is 16.6 Å². The Hall–Kier alpha value is -1.84. The number of nitrogens with two attached hydrogens (primary N) is 1. The molecule has 2 heterocycles. The van der Waals surface area contributed by atoms with Crippen LogP contribution in [0.5, 0.6) is 11.5 Å². The molecule has 13 heavy (non-hydrogen) atoms. The van der Waals surface area contributed by atoms with E-state index in [0.717, 1.165) is 22.4 Å². The van der Waals surface area contributed by atoms with Gasteiger partial charge in [0.2, 0.25) is 6.79 Å². The predicted molar refractivity (Wildman–Crippen MR) is 48.8 cm³/mol. The Labute approximate surface area is 74.2 Å². The lowest BCUT2D eigenvalue weighted by molar-refractivity contribution is 0.175. The van der Waals surface area contributed by atoms with Crippen molar-refractivity contribution in [3.8, 4) is 11.5 Å². The number of aromatic amines is 1. The summed E-state index contributed by atoms with van der Waals surface area (Å²) in [6.45, 7) is 0.277. The van der Waals surface area contributed by atoms with Crippen molar-refractivity contribution < 1.29 is 9.47 Å². The Kier molecular flexibility index (Phi) is 1.07. The monoisotopic (exact) mass is 176 g/mol. The van der Waals surface area contributed by atoms with Gasteiger partial charge in [0.05, 0.1) is 16.6 Å². The van der Waals surface area contributed by atoms with Crippen molar-refractivity contribution in [1.82, 2.24) is 4.98 Å². The van der Waals surface area contributed by atoms with Gasteiger partial charge in [0.1, 0.15) is 0 Å². The zero-order valence-electron chi connectivity index (χ0n) is 6.83. The number of benzene rings is 1. The van der Waals surface area contributed by atoms with Gasteiger partial charge < -0.3 is 20.2 Å². The fourth-order valence-corrected chi connectivity index (χ4v) is 1.61. The van der Waals surface area contributed by atoms with E-state index < -0.39 is 0 Å². The van der Waals surface area contributed by atoms with Crippen LogP contribution < -0.4 is 15.2 Å². The molecule has 1 aromatic carbocycles. The smallest absolute Gasteiger partial charge is 0.231 e. The quantitative estimate of drug-likeness (QED) is 0.639. The van der Waals surface area contributed by atoms with Crippen molar-refractivity contribution in [3.05, 3.63) is 18.3 Å². The molecule has 1 aliphatic rings. The molecule has 0 saturated carbocycles. The van der Waals surface area contributed by atoms with Crippen LogP contribution in [0.15, 0.2) is 18.3 Å². The summed E-state index contributed by atoms with van der Waals surface area (Å²) in [6, 6.07) is 3.81. The highest BCUT2D eigenvalue weighted by atomic mass is 16.7. The molecule has 0 atom stereocenters. The van der Waals surface area contributed by atoms with Crippen molar-refractivity contribution in [2.75, 3.05) is 12.5 Å². The molecule has 4 nitrogen and oxygen atoms in total. The van der Waals surface area contributed by atoms with Gasteiger partial charge in [-0.1, -0.05) is 0 Å². The van der Waals surface area contributed by atoms with Crippen molar-refractivity contribution in [2.24, 2.45) is 0 Å². The van der Waals surface area contributed by atoms with E-state index in [-0.39, 0.29) is 6.79 Å². The third-order valence-corrected chi connectivity index (χ3v) is 2.21. The molecule has 0 saturated heterocycles. The molecule has 0 aliphatic carbocycles. The molecule has 3 N–H and O–H groups in total. The number of anilines is 1. The first kappa shape index (κ1) is 6.65. The van der Waals surface area contributed by atoms with E-state index in [1.165, 1.54) is 0 Å². The molecule has 1 aliphatic heterocycles. The summed E-state index contributed by atoms with van der Waals surface area (Å²) in [5, 5.41) is 0.912. The summed E-state index contributed by atoms with van der Waals surface area (Å²) in [6.07, 6.45) is 1.76. The molecule has 4 heteroatoms.